The fraction of sp³-hybridized carbons (Fsp3) is 0.480. The summed E-state index contributed by atoms with van der Waals surface area (Å²) in [7, 11) is 0. The van der Waals surface area contributed by atoms with Gasteiger partial charge in [-0.1, -0.05) is 37.1 Å². The third-order valence-electron chi connectivity index (χ3n) is 7.19. The van der Waals surface area contributed by atoms with Crippen molar-refractivity contribution in [3.8, 4) is 0 Å². The highest BCUT2D eigenvalue weighted by Crippen LogP contribution is 2.36. The second kappa shape index (κ2) is 7.86. The Morgan fingerprint density at radius 2 is 1.57 bits per heavy atom. The first kappa shape index (κ1) is 19.3. The van der Waals surface area contributed by atoms with Gasteiger partial charge in [0.1, 0.15) is 0 Å². The molecule has 5 rings (SSSR count). The van der Waals surface area contributed by atoms with Crippen LogP contribution >= 0.6 is 0 Å². The van der Waals surface area contributed by atoms with E-state index in [2.05, 4.69) is 4.90 Å². The summed E-state index contributed by atoms with van der Waals surface area (Å²) < 4.78 is 0. The third kappa shape index (κ3) is 3.21. The Labute approximate surface area is 177 Å². The lowest BCUT2D eigenvalue weighted by Crippen LogP contribution is -2.49. The molecule has 2 aliphatic heterocycles. The first-order valence-electron chi connectivity index (χ1n) is 11.3. The Kier molecular flexibility index (Phi) is 5.05. The van der Waals surface area contributed by atoms with Crippen molar-refractivity contribution in [3.63, 3.8) is 0 Å². The minimum atomic E-state index is -0.248. The Balaban J connectivity index is 1.26. The van der Waals surface area contributed by atoms with Crippen molar-refractivity contribution < 1.29 is 14.4 Å². The van der Waals surface area contributed by atoms with Crippen LogP contribution in [0.3, 0.4) is 0 Å². The Hall–Kier alpha value is -2.69. The molecule has 0 aromatic heterocycles. The summed E-state index contributed by atoms with van der Waals surface area (Å²) in [5.74, 6) is 0.355. The van der Waals surface area contributed by atoms with Gasteiger partial charge in [-0.25, -0.2) is 0 Å². The molecule has 0 N–H and O–H groups in total. The van der Waals surface area contributed by atoms with Gasteiger partial charge < -0.3 is 4.90 Å². The van der Waals surface area contributed by atoms with Crippen LogP contribution < -0.4 is 0 Å². The molecule has 2 aromatic rings. The van der Waals surface area contributed by atoms with Crippen molar-refractivity contribution >= 4 is 28.5 Å². The van der Waals surface area contributed by atoms with Crippen LogP contribution in [0.4, 0.5) is 0 Å². The van der Waals surface area contributed by atoms with Crippen molar-refractivity contribution in [1.29, 1.82) is 0 Å². The van der Waals surface area contributed by atoms with Gasteiger partial charge in [-0.05, 0) is 55.5 Å². The summed E-state index contributed by atoms with van der Waals surface area (Å²) in [6, 6.07) is 11.5. The minimum Gasteiger partial charge on any atom is -0.339 e. The number of amides is 3. The largest absolute Gasteiger partial charge is 0.339 e. The highest BCUT2D eigenvalue weighted by molar-refractivity contribution is 6.25. The highest BCUT2D eigenvalue weighted by atomic mass is 16.2. The Morgan fingerprint density at radius 3 is 2.30 bits per heavy atom. The van der Waals surface area contributed by atoms with E-state index in [0.717, 1.165) is 30.2 Å². The van der Waals surface area contributed by atoms with Gasteiger partial charge in [0.2, 0.25) is 5.91 Å². The smallest absolute Gasteiger partial charge is 0.261 e. The molecule has 2 unspecified atom stereocenters. The molecule has 0 spiro atoms. The van der Waals surface area contributed by atoms with Crippen LogP contribution in [-0.4, -0.2) is 46.7 Å². The van der Waals surface area contributed by atoms with Crippen LogP contribution in [0.1, 0.15) is 72.1 Å². The second-order valence-corrected chi connectivity index (χ2v) is 8.92. The van der Waals surface area contributed by atoms with Crippen LogP contribution in [0.15, 0.2) is 36.4 Å². The second-order valence-electron chi connectivity index (χ2n) is 8.92. The van der Waals surface area contributed by atoms with Crippen molar-refractivity contribution in [1.82, 2.24) is 9.80 Å². The molecular formula is C25H28N2O3. The predicted molar refractivity (Wildman–Crippen MR) is 115 cm³/mol. The van der Waals surface area contributed by atoms with Gasteiger partial charge in [-0.15, -0.1) is 0 Å². The van der Waals surface area contributed by atoms with E-state index < -0.39 is 0 Å². The molecule has 1 aliphatic carbocycles. The lowest BCUT2D eigenvalue weighted by Gasteiger charge is -2.44. The zero-order valence-electron chi connectivity index (χ0n) is 17.3. The number of hydrogen-bond donors (Lipinski definition) is 0. The van der Waals surface area contributed by atoms with Crippen molar-refractivity contribution in [2.45, 2.75) is 57.4 Å². The SMILES string of the molecule is O=C1c2cccc3cccc(c23)C(=O)N1CCCC(=O)N1CCCC2CCCCC21. The normalized spacial score (nSPS) is 23.6. The molecular weight excluding hydrogens is 376 g/mol. The molecule has 2 fully saturated rings. The highest BCUT2D eigenvalue weighted by Gasteiger charge is 2.36. The number of carbonyl (C=O) groups is 3. The van der Waals surface area contributed by atoms with Crippen molar-refractivity contribution in [2.75, 3.05) is 13.1 Å². The van der Waals surface area contributed by atoms with E-state index in [4.69, 9.17) is 0 Å². The third-order valence-corrected chi connectivity index (χ3v) is 7.19. The van der Waals surface area contributed by atoms with E-state index >= 15 is 0 Å². The monoisotopic (exact) mass is 404 g/mol. The first-order chi connectivity index (χ1) is 14.6. The molecule has 3 aliphatic rings. The van der Waals surface area contributed by atoms with E-state index in [1.54, 1.807) is 12.1 Å². The van der Waals surface area contributed by atoms with Crippen molar-refractivity contribution in [2.24, 2.45) is 5.92 Å². The summed E-state index contributed by atoms with van der Waals surface area (Å²) in [6.07, 6.45) is 8.13. The average molecular weight is 405 g/mol. The quantitative estimate of drug-likeness (QED) is 0.710. The summed E-state index contributed by atoms with van der Waals surface area (Å²) in [5.41, 5.74) is 1.16. The van der Waals surface area contributed by atoms with Gasteiger partial charge in [0.05, 0.1) is 0 Å². The maximum absolute atomic E-state index is 13.0. The number of fused-ring (bicyclic) bond motifs is 1. The topological polar surface area (TPSA) is 57.7 Å². The summed E-state index contributed by atoms with van der Waals surface area (Å²) in [6.45, 7) is 1.15. The number of carbonyl (C=O) groups excluding carboxylic acids is 3. The lowest BCUT2D eigenvalue weighted by molar-refractivity contribution is -0.137. The van der Waals surface area contributed by atoms with Gasteiger partial charge in [0.25, 0.3) is 11.8 Å². The molecule has 156 valence electrons. The maximum atomic E-state index is 13.0. The van der Waals surface area contributed by atoms with Crippen LogP contribution in [-0.2, 0) is 4.79 Å². The number of likely N-dealkylation sites (tertiary alicyclic amines) is 1. The number of piperidine rings is 1. The average Bonchev–Trinajstić information content (AvgIpc) is 2.79. The van der Waals surface area contributed by atoms with E-state index in [0.29, 0.717) is 35.9 Å². The fourth-order valence-electron chi connectivity index (χ4n) is 5.75. The number of hydrogen-bond acceptors (Lipinski definition) is 3. The number of nitrogens with zero attached hydrogens (tertiary/aromatic N) is 2. The molecule has 5 nitrogen and oxygen atoms in total. The standard InChI is InChI=1S/C25H28N2O3/c28-22(26-15-5-10-17-7-1-2-13-21(17)26)14-6-16-27-24(29)19-11-3-8-18-9-4-12-20(23(18)19)25(27)30/h3-4,8-9,11-12,17,21H,1-2,5-7,10,13-16H2. The lowest BCUT2D eigenvalue weighted by atomic mass is 9.78. The summed E-state index contributed by atoms with van der Waals surface area (Å²) in [5, 5.41) is 1.66. The van der Waals surface area contributed by atoms with Gasteiger partial charge in [0.15, 0.2) is 0 Å². The van der Waals surface area contributed by atoms with E-state index in [1.165, 1.54) is 30.6 Å². The first-order valence-corrected chi connectivity index (χ1v) is 11.3. The summed E-state index contributed by atoms with van der Waals surface area (Å²) in [4.78, 5) is 42.3. The Bertz CT molecular complexity index is 962. The van der Waals surface area contributed by atoms with E-state index in [1.807, 2.05) is 24.3 Å². The molecule has 30 heavy (non-hydrogen) atoms. The molecule has 3 amide bonds. The predicted octanol–water partition coefficient (Wildman–Crippen LogP) is 4.40. The van der Waals surface area contributed by atoms with E-state index in [9.17, 15) is 14.4 Å². The number of benzene rings is 2. The minimum absolute atomic E-state index is 0.186. The van der Waals surface area contributed by atoms with Gasteiger partial charge in [-0.2, -0.15) is 0 Å². The molecule has 0 radical (unpaired) electrons. The zero-order chi connectivity index (χ0) is 20.7. The molecule has 2 heterocycles. The van der Waals surface area contributed by atoms with Crippen LogP contribution in [0.25, 0.3) is 10.8 Å². The van der Waals surface area contributed by atoms with Crippen molar-refractivity contribution in [3.05, 3.63) is 47.5 Å². The van der Waals surface area contributed by atoms with E-state index in [-0.39, 0.29) is 24.3 Å². The number of imide groups is 1. The molecule has 0 bridgehead atoms. The van der Waals surface area contributed by atoms with Gasteiger partial charge in [0, 0.05) is 42.1 Å². The van der Waals surface area contributed by atoms with Gasteiger partial charge in [-0.3, -0.25) is 19.3 Å². The molecule has 1 saturated carbocycles. The van der Waals surface area contributed by atoms with Gasteiger partial charge >= 0.3 is 0 Å². The van der Waals surface area contributed by atoms with Crippen LogP contribution in [0.2, 0.25) is 0 Å². The molecule has 5 heteroatoms. The molecule has 2 aromatic carbocycles. The fourth-order valence-corrected chi connectivity index (χ4v) is 5.75. The zero-order valence-corrected chi connectivity index (χ0v) is 17.3. The van der Waals surface area contributed by atoms with Crippen LogP contribution in [0.5, 0.6) is 0 Å². The maximum Gasteiger partial charge on any atom is 0.261 e. The molecule has 1 saturated heterocycles. The summed E-state index contributed by atoms with van der Waals surface area (Å²) >= 11 is 0. The molecule has 2 atom stereocenters. The van der Waals surface area contributed by atoms with Crippen LogP contribution in [0, 0.1) is 5.92 Å². The number of rotatable bonds is 4. The Morgan fingerprint density at radius 1 is 0.900 bits per heavy atom.